The first-order valence-corrected chi connectivity index (χ1v) is 5.64. The van der Waals surface area contributed by atoms with Crippen LogP contribution in [0.15, 0.2) is 41.1 Å². The van der Waals surface area contributed by atoms with Crippen LogP contribution in [0.1, 0.15) is 5.69 Å². The van der Waals surface area contributed by atoms with Gasteiger partial charge in [0.25, 0.3) is 5.89 Å². The smallest absolute Gasteiger partial charge is 0.261 e. The molecule has 5 nitrogen and oxygen atoms in total. The van der Waals surface area contributed by atoms with Gasteiger partial charge in [0.2, 0.25) is 5.82 Å². The third kappa shape index (κ3) is 1.69. The number of hydrogen-bond donors (Lipinski definition) is 0. The normalized spacial score (nSPS) is 10.8. The molecular weight excluding hydrogens is 228 g/mol. The first-order chi connectivity index (χ1) is 8.75. The third-order valence-corrected chi connectivity index (χ3v) is 2.92. The lowest BCUT2D eigenvalue weighted by Crippen LogP contribution is -1.92. The molecule has 1 aromatic carbocycles. The highest BCUT2D eigenvalue weighted by Crippen LogP contribution is 2.23. The summed E-state index contributed by atoms with van der Waals surface area (Å²) >= 11 is 0. The number of aromatic nitrogens is 4. The van der Waals surface area contributed by atoms with Gasteiger partial charge >= 0.3 is 0 Å². The molecule has 3 aromatic rings. The van der Waals surface area contributed by atoms with Crippen LogP contribution in [0, 0.1) is 6.92 Å². The lowest BCUT2D eigenvalue weighted by Gasteiger charge is -1.93. The van der Waals surface area contributed by atoms with Crippen LogP contribution in [0.4, 0.5) is 0 Å². The molecule has 0 atom stereocenters. The highest BCUT2D eigenvalue weighted by atomic mass is 16.5. The number of benzene rings is 1. The molecule has 0 radical (unpaired) electrons. The molecule has 0 unspecified atom stereocenters. The van der Waals surface area contributed by atoms with E-state index in [0.717, 1.165) is 16.8 Å². The van der Waals surface area contributed by atoms with E-state index in [4.69, 9.17) is 4.52 Å². The maximum absolute atomic E-state index is 5.28. The predicted octanol–water partition coefficient (Wildman–Crippen LogP) is 2.45. The van der Waals surface area contributed by atoms with Crippen LogP contribution in [0.5, 0.6) is 0 Å². The zero-order chi connectivity index (χ0) is 12.5. The number of hydrogen-bond acceptors (Lipinski definition) is 4. The summed E-state index contributed by atoms with van der Waals surface area (Å²) in [4.78, 5) is 4.39. The van der Waals surface area contributed by atoms with Crippen molar-refractivity contribution >= 4 is 0 Å². The highest BCUT2D eigenvalue weighted by Gasteiger charge is 2.14. The molecule has 90 valence electrons. The van der Waals surface area contributed by atoms with E-state index in [1.807, 2.05) is 44.3 Å². The van der Waals surface area contributed by atoms with E-state index in [1.165, 1.54) is 0 Å². The lowest BCUT2D eigenvalue weighted by molar-refractivity contribution is 0.432. The standard InChI is InChI=1S/C13H12N4O/c1-9-11(8-14-17(9)2)13-15-12(16-18-13)10-6-4-3-5-7-10/h3-8H,1-2H3. The molecule has 0 bridgehead atoms. The summed E-state index contributed by atoms with van der Waals surface area (Å²) in [5.41, 5.74) is 2.81. The Labute approximate surface area is 104 Å². The van der Waals surface area contributed by atoms with Gasteiger partial charge in [0.15, 0.2) is 0 Å². The zero-order valence-electron chi connectivity index (χ0n) is 10.2. The van der Waals surface area contributed by atoms with E-state index >= 15 is 0 Å². The third-order valence-electron chi connectivity index (χ3n) is 2.92. The molecule has 0 amide bonds. The second kappa shape index (κ2) is 4.10. The minimum Gasteiger partial charge on any atom is -0.333 e. The van der Waals surface area contributed by atoms with Crippen LogP contribution in [-0.2, 0) is 7.05 Å². The van der Waals surface area contributed by atoms with Crippen LogP contribution in [0.25, 0.3) is 22.8 Å². The van der Waals surface area contributed by atoms with Crippen molar-refractivity contribution < 1.29 is 4.52 Å². The Morgan fingerprint density at radius 2 is 1.94 bits per heavy atom. The fourth-order valence-corrected chi connectivity index (χ4v) is 1.75. The van der Waals surface area contributed by atoms with E-state index in [-0.39, 0.29) is 0 Å². The topological polar surface area (TPSA) is 56.7 Å². The number of nitrogens with zero attached hydrogens (tertiary/aromatic N) is 4. The van der Waals surface area contributed by atoms with Crippen molar-refractivity contribution in [2.45, 2.75) is 6.92 Å². The van der Waals surface area contributed by atoms with Crippen molar-refractivity contribution in [1.82, 2.24) is 19.9 Å². The van der Waals surface area contributed by atoms with Crippen molar-refractivity contribution in [3.8, 4) is 22.8 Å². The van der Waals surface area contributed by atoms with Gasteiger partial charge in [-0.25, -0.2) is 0 Å². The second-order valence-electron chi connectivity index (χ2n) is 4.06. The first-order valence-electron chi connectivity index (χ1n) is 5.64. The second-order valence-corrected chi connectivity index (χ2v) is 4.06. The van der Waals surface area contributed by atoms with Gasteiger partial charge in [0.05, 0.1) is 11.8 Å². The molecule has 0 fully saturated rings. The minimum atomic E-state index is 0.499. The number of rotatable bonds is 2. The molecular formula is C13H12N4O. The maximum atomic E-state index is 5.28. The molecule has 0 aliphatic carbocycles. The van der Waals surface area contributed by atoms with Crippen LogP contribution in [-0.4, -0.2) is 19.9 Å². The molecule has 0 N–H and O–H groups in total. The quantitative estimate of drug-likeness (QED) is 0.690. The van der Waals surface area contributed by atoms with Crippen molar-refractivity contribution in [3.05, 3.63) is 42.2 Å². The molecule has 3 rings (SSSR count). The fourth-order valence-electron chi connectivity index (χ4n) is 1.75. The van der Waals surface area contributed by atoms with E-state index < -0.39 is 0 Å². The van der Waals surface area contributed by atoms with Gasteiger partial charge in [-0.2, -0.15) is 10.1 Å². The largest absolute Gasteiger partial charge is 0.333 e. The summed E-state index contributed by atoms with van der Waals surface area (Å²) in [5, 5.41) is 8.15. The lowest BCUT2D eigenvalue weighted by atomic mass is 10.2. The van der Waals surface area contributed by atoms with Gasteiger partial charge in [-0.1, -0.05) is 35.5 Å². The molecule has 0 saturated heterocycles. The van der Waals surface area contributed by atoms with Gasteiger partial charge in [0.1, 0.15) is 0 Å². The summed E-state index contributed by atoms with van der Waals surface area (Å²) < 4.78 is 7.06. The number of aryl methyl sites for hydroxylation is 1. The first kappa shape index (κ1) is 10.7. The molecule has 2 aromatic heterocycles. The van der Waals surface area contributed by atoms with Crippen molar-refractivity contribution in [3.63, 3.8) is 0 Å². The molecule has 0 saturated carbocycles. The van der Waals surface area contributed by atoms with Crippen LogP contribution in [0.2, 0.25) is 0 Å². The Kier molecular flexibility index (Phi) is 2.44. The molecule has 5 heteroatoms. The van der Waals surface area contributed by atoms with E-state index in [2.05, 4.69) is 15.2 Å². The molecule has 0 aliphatic rings. The Hall–Kier alpha value is -2.43. The minimum absolute atomic E-state index is 0.499. The van der Waals surface area contributed by atoms with Gasteiger partial charge in [-0.15, -0.1) is 0 Å². The highest BCUT2D eigenvalue weighted by molar-refractivity contribution is 5.60. The van der Waals surface area contributed by atoms with Gasteiger partial charge in [-0.05, 0) is 6.92 Å². The maximum Gasteiger partial charge on any atom is 0.261 e. The summed E-state index contributed by atoms with van der Waals surface area (Å²) in [7, 11) is 1.88. The molecule has 18 heavy (non-hydrogen) atoms. The van der Waals surface area contributed by atoms with Crippen LogP contribution < -0.4 is 0 Å². The SMILES string of the molecule is Cc1c(-c2nc(-c3ccccc3)no2)cnn1C. The van der Waals surface area contributed by atoms with Crippen LogP contribution in [0.3, 0.4) is 0 Å². The van der Waals surface area contributed by atoms with Gasteiger partial charge < -0.3 is 4.52 Å². The monoisotopic (exact) mass is 240 g/mol. The Bertz CT molecular complexity index is 669. The van der Waals surface area contributed by atoms with Gasteiger partial charge in [-0.3, -0.25) is 4.68 Å². The Morgan fingerprint density at radius 1 is 1.17 bits per heavy atom. The summed E-state index contributed by atoms with van der Waals surface area (Å²) in [6, 6.07) is 9.74. The summed E-state index contributed by atoms with van der Waals surface area (Å²) in [6.45, 7) is 1.97. The van der Waals surface area contributed by atoms with E-state index in [9.17, 15) is 0 Å². The average Bonchev–Trinajstić information content (AvgIpc) is 3.00. The summed E-state index contributed by atoms with van der Waals surface area (Å²) in [5.74, 6) is 1.09. The Balaban J connectivity index is 2.02. The van der Waals surface area contributed by atoms with Gasteiger partial charge in [0, 0.05) is 18.3 Å². The predicted molar refractivity (Wildman–Crippen MR) is 66.7 cm³/mol. The molecule has 0 aliphatic heterocycles. The van der Waals surface area contributed by atoms with Crippen molar-refractivity contribution in [1.29, 1.82) is 0 Å². The van der Waals surface area contributed by atoms with E-state index in [0.29, 0.717) is 11.7 Å². The fraction of sp³-hybridized carbons (Fsp3) is 0.154. The Morgan fingerprint density at radius 3 is 2.61 bits per heavy atom. The van der Waals surface area contributed by atoms with Crippen LogP contribution >= 0.6 is 0 Å². The molecule has 0 spiro atoms. The average molecular weight is 240 g/mol. The molecule has 2 heterocycles. The summed E-state index contributed by atoms with van der Waals surface area (Å²) in [6.07, 6.45) is 1.73. The van der Waals surface area contributed by atoms with Crippen molar-refractivity contribution in [2.24, 2.45) is 7.05 Å². The van der Waals surface area contributed by atoms with E-state index in [1.54, 1.807) is 10.9 Å². The van der Waals surface area contributed by atoms with Crippen molar-refractivity contribution in [2.75, 3.05) is 0 Å². The zero-order valence-corrected chi connectivity index (χ0v) is 10.2.